The fourth-order valence-corrected chi connectivity index (χ4v) is 5.39. The molecule has 0 unspecified atom stereocenters. The highest BCUT2D eigenvalue weighted by molar-refractivity contribution is 5.75. The number of imidazole rings is 1. The van der Waals surface area contributed by atoms with E-state index in [9.17, 15) is 5.11 Å². The maximum Gasteiger partial charge on any atom is 0.155 e. The van der Waals surface area contributed by atoms with E-state index in [0.29, 0.717) is 11.8 Å². The molecule has 0 bridgehead atoms. The Balaban J connectivity index is 1.20. The van der Waals surface area contributed by atoms with Crippen molar-refractivity contribution in [3.05, 3.63) is 60.8 Å². The van der Waals surface area contributed by atoms with Crippen LogP contribution in [0.5, 0.6) is 0 Å². The molecule has 1 N–H and O–H groups in total. The van der Waals surface area contributed by atoms with Gasteiger partial charge in [0.15, 0.2) is 5.65 Å². The van der Waals surface area contributed by atoms with E-state index >= 15 is 0 Å². The molecule has 3 aromatic heterocycles. The minimum absolute atomic E-state index is 0.107. The Bertz CT molecular complexity index is 1170. The van der Waals surface area contributed by atoms with Gasteiger partial charge in [0.2, 0.25) is 0 Å². The molecule has 1 saturated heterocycles. The van der Waals surface area contributed by atoms with Crippen LogP contribution in [0.25, 0.3) is 16.7 Å². The summed E-state index contributed by atoms with van der Waals surface area (Å²) in [6, 6.07) is 12.5. The van der Waals surface area contributed by atoms with E-state index in [4.69, 9.17) is 0 Å². The fraction of sp³-hybridized carbons (Fsp3) is 0.409. The Kier molecular flexibility index (Phi) is 3.92. The zero-order valence-electron chi connectivity index (χ0n) is 16.2. The van der Waals surface area contributed by atoms with Gasteiger partial charge in [-0.15, -0.1) is 0 Å². The van der Waals surface area contributed by atoms with E-state index < -0.39 is 0 Å². The number of hydrogen-bond donors (Lipinski definition) is 1. The Hall–Kier alpha value is -2.77. The Morgan fingerprint density at radius 2 is 1.90 bits per heavy atom. The van der Waals surface area contributed by atoms with Crippen molar-refractivity contribution in [2.45, 2.75) is 31.5 Å². The van der Waals surface area contributed by atoms with E-state index in [0.717, 1.165) is 49.2 Å². The molecule has 7 heteroatoms. The van der Waals surface area contributed by atoms with Crippen LogP contribution in [-0.2, 0) is 6.54 Å². The number of pyridine rings is 1. The van der Waals surface area contributed by atoms with Crippen molar-refractivity contribution in [2.75, 3.05) is 13.1 Å². The molecular weight excluding hydrogens is 364 g/mol. The maximum atomic E-state index is 10.9. The molecule has 4 aromatic rings. The molecule has 6 rings (SSSR count). The SMILES string of the molecule is O[C@@H]1C[C@H]2CN(Cc3ccn4ncnc4c3)C[C@H]2C[C@H]1n1cnc2ccccc21. The van der Waals surface area contributed by atoms with Crippen molar-refractivity contribution < 1.29 is 5.11 Å². The summed E-state index contributed by atoms with van der Waals surface area (Å²) in [5.74, 6) is 1.18. The third-order valence-electron chi connectivity index (χ3n) is 6.77. The molecule has 7 nitrogen and oxygen atoms in total. The number of fused-ring (bicyclic) bond motifs is 3. The minimum Gasteiger partial charge on any atom is -0.391 e. The highest BCUT2D eigenvalue weighted by atomic mass is 16.3. The number of aliphatic hydroxyl groups excluding tert-OH is 1. The smallest absolute Gasteiger partial charge is 0.155 e. The van der Waals surface area contributed by atoms with Crippen molar-refractivity contribution in [3.63, 3.8) is 0 Å². The molecule has 1 aliphatic heterocycles. The molecule has 0 amide bonds. The largest absolute Gasteiger partial charge is 0.391 e. The second-order valence-corrected chi connectivity index (χ2v) is 8.56. The zero-order valence-corrected chi connectivity index (χ0v) is 16.2. The third kappa shape index (κ3) is 2.92. The summed E-state index contributed by atoms with van der Waals surface area (Å²) in [6.07, 6.45) is 7.02. The summed E-state index contributed by atoms with van der Waals surface area (Å²) >= 11 is 0. The third-order valence-corrected chi connectivity index (χ3v) is 6.77. The molecule has 2 aliphatic rings. The predicted molar refractivity (Wildman–Crippen MR) is 109 cm³/mol. The van der Waals surface area contributed by atoms with Gasteiger partial charge >= 0.3 is 0 Å². The standard InChI is InChI=1S/C22H24N6O/c29-21-9-17-12-26(10-15-5-6-28-22(7-15)23-13-25-28)11-16(17)8-20(21)27-14-24-18-3-1-2-4-19(18)27/h1-7,13-14,16-17,20-21,29H,8-12H2/t16-,17+,20-,21-/m1/s1. The van der Waals surface area contributed by atoms with Crippen LogP contribution in [0.4, 0.5) is 0 Å². The summed E-state index contributed by atoms with van der Waals surface area (Å²) in [7, 11) is 0. The van der Waals surface area contributed by atoms with Gasteiger partial charge in [-0.05, 0) is 54.5 Å². The number of hydrogen-bond acceptors (Lipinski definition) is 5. The lowest BCUT2D eigenvalue weighted by molar-refractivity contribution is 0.0374. The molecule has 1 aliphatic carbocycles. The summed E-state index contributed by atoms with van der Waals surface area (Å²) in [5.41, 5.74) is 4.27. The molecule has 1 saturated carbocycles. The first-order valence-electron chi connectivity index (χ1n) is 10.3. The second-order valence-electron chi connectivity index (χ2n) is 8.56. The normalized spacial score (nSPS) is 27.6. The van der Waals surface area contributed by atoms with Crippen LogP contribution in [0.1, 0.15) is 24.4 Å². The second kappa shape index (κ2) is 6.64. The average molecular weight is 388 g/mol. The van der Waals surface area contributed by atoms with Gasteiger partial charge in [0, 0.05) is 25.8 Å². The summed E-state index contributed by atoms with van der Waals surface area (Å²) in [6.45, 7) is 3.06. The predicted octanol–water partition coefficient (Wildman–Crippen LogP) is 2.52. The zero-order chi connectivity index (χ0) is 19.4. The first kappa shape index (κ1) is 17.1. The number of nitrogens with zero attached hydrogens (tertiary/aromatic N) is 6. The Morgan fingerprint density at radius 3 is 2.83 bits per heavy atom. The lowest BCUT2D eigenvalue weighted by atomic mass is 9.77. The molecule has 2 fully saturated rings. The summed E-state index contributed by atoms with van der Waals surface area (Å²) in [4.78, 5) is 11.4. The van der Waals surface area contributed by atoms with E-state index in [1.165, 1.54) is 5.56 Å². The van der Waals surface area contributed by atoms with Crippen LogP contribution < -0.4 is 0 Å². The van der Waals surface area contributed by atoms with Gasteiger partial charge in [-0.25, -0.2) is 14.5 Å². The van der Waals surface area contributed by atoms with E-state index in [2.05, 4.69) is 42.7 Å². The van der Waals surface area contributed by atoms with Crippen molar-refractivity contribution >= 4 is 16.7 Å². The Morgan fingerprint density at radius 1 is 1.03 bits per heavy atom. The first-order chi connectivity index (χ1) is 14.2. The quantitative estimate of drug-likeness (QED) is 0.584. The van der Waals surface area contributed by atoms with Gasteiger partial charge in [-0.2, -0.15) is 5.10 Å². The minimum atomic E-state index is -0.318. The highest BCUT2D eigenvalue weighted by Gasteiger charge is 2.42. The van der Waals surface area contributed by atoms with Crippen molar-refractivity contribution in [2.24, 2.45) is 11.8 Å². The van der Waals surface area contributed by atoms with Crippen molar-refractivity contribution in [1.29, 1.82) is 0 Å². The molecule has 0 radical (unpaired) electrons. The summed E-state index contributed by atoms with van der Waals surface area (Å²) in [5, 5.41) is 15.1. The molecule has 4 atom stereocenters. The molecular formula is C22H24N6O. The first-order valence-corrected chi connectivity index (χ1v) is 10.3. The summed E-state index contributed by atoms with van der Waals surface area (Å²) < 4.78 is 3.99. The van der Waals surface area contributed by atoms with Crippen LogP contribution >= 0.6 is 0 Å². The maximum absolute atomic E-state index is 10.9. The topological polar surface area (TPSA) is 71.5 Å². The van der Waals surface area contributed by atoms with Crippen LogP contribution in [-0.4, -0.2) is 53.3 Å². The highest BCUT2D eigenvalue weighted by Crippen LogP contribution is 2.42. The lowest BCUT2D eigenvalue weighted by Crippen LogP contribution is -2.36. The van der Waals surface area contributed by atoms with Crippen LogP contribution in [0.3, 0.4) is 0 Å². The van der Waals surface area contributed by atoms with Gasteiger partial charge in [0.25, 0.3) is 0 Å². The molecule has 29 heavy (non-hydrogen) atoms. The van der Waals surface area contributed by atoms with Crippen molar-refractivity contribution in [3.8, 4) is 0 Å². The van der Waals surface area contributed by atoms with Crippen LogP contribution in [0.15, 0.2) is 55.2 Å². The lowest BCUT2D eigenvalue weighted by Gasteiger charge is -2.36. The number of benzene rings is 1. The van der Waals surface area contributed by atoms with Crippen LogP contribution in [0.2, 0.25) is 0 Å². The number of rotatable bonds is 3. The monoisotopic (exact) mass is 388 g/mol. The van der Waals surface area contributed by atoms with Gasteiger partial charge in [0.1, 0.15) is 6.33 Å². The van der Waals surface area contributed by atoms with Gasteiger partial charge in [-0.1, -0.05) is 12.1 Å². The number of para-hydroxylation sites is 2. The average Bonchev–Trinajstić information content (AvgIpc) is 3.44. The number of likely N-dealkylation sites (tertiary alicyclic amines) is 1. The Labute approximate surface area is 168 Å². The molecule has 0 spiro atoms. The molecule has 148 valence electrons. The van der Waals surface area contributed by atoms with Crippen molar-refractivity contribution in [1.82, 2.24) is 29.0 Å². The number of aromatic nitrogens is 5. The van der Waals surface area contributed by atoms with E-state index in [1.807, 2.05) is 30.7 Å². The molecule has 4 heterocycles. The molecule has 1 aromatic carbocycles. The van der Waals surface area contributed by atoms with Gasteiger partial charge in [0.05, 0.1) is 29.5 Å². The van der Waals surface area contributed by atoms with E-state index in [-0.39, 0.29) is 12.1 Å². The van der Waals surface area contributed by atoms with Gasteiger partial charge < -0.3 is 9.67 Å². The number of aliphatic hydroxyl groups is 1. The van der Waals surface area contributed by atoms with Crippen LogP contribution in [0, 0.1) is 11.8 Å². The van der Waals surface area contributed by atoms with E-state index in [1.54, 1.807) is 10.8 Å². The fourth-order valence-electron chi connectivity index (χ4n) is 5.39. The van der Waals surface area contributed by atoms with Gasteiger partial charge in [-0.3, -0.25) is 4.90 Å².